The topological polar surface area (TPSA) is 65.8 Å². The Hall–Kier alpha value is -2.89. The van der Waals surface area contributed by atoms with Gasteiger partial charge < -0.3 is 4.90 Å². The number of aryl methyl sites for hydroxylation is 1. The summed E-state index contributed by atoms with van der Waals surface area (Å²) >= 11 is 0. The molecule has 0 saturated heterocycles. The van der Waals surface area contributed by atoms with Crippen LogP contribution in [0.3, 0.4) is 0 Å². The van der Waals surface area contributed by atoms with Gasteiger partial charge >= 0.3 is 0 Å². The van der Waals surface area contributed by atoms with E-state index in [1.165, 1.54) is 5.69 Å². The van der Waals surface area contributed by atoms with Gasteiger partial charge in [0.15, 0.2) is 5.65 Å². The molecule has 6 nitrogen and oxygen atoms in total. The summed E-state index contributed by atoms with van der Waals surface area (Å²) in [5.74, 6) is 0.350. The summed E-state index contributed by atoms with van der Waals surface area (Å²) in [6, 6.07) is 6.41. The first-order chi connectivity index (χ1) is 16.7. The number of hydrogen-bond donors (Lipinski definition) is 1. The van der Waals surface area contributed by atoms with Crippen LogP contribution in [0.25, 0.3) is 11.2 Å². The normalized spacial score (nSPS) is 14.9. The Kier molecular flexibility index (Phi) is 8.57. The summed E-state index contributed by atoms with van der Waals surface area (Å²) in [4.78, 5) is 26.4. The molecule has 1 N–H and O–H groups in total. The standard InChI is InChI=1S/C29H43N5O/c1-10-18(6)24-25(19(7)11-2)31-28-27(26(20(8)12-3)32-34(28)29(24)35)30-23-16-15-22(17-21(23)9)33(13-4)14-5/h15-19,32H,10-14H2,1-9H3/b26-20+,30-27?. The van der Waals surface area contributed by atoms with Crippen LogP contribution in [0.2, 0.25) is 0 Å². The number of nitrogens with zero attached hydrogens (tertiary/aromatic N) is 4. The third-order valence-corrected chi connectivity index (χ3v) is 7.50. The molecule has 0 saturated carbocycles. The molecule has 3 aromatic rings. The van der Waals surface area contributed by atoms with E-state index in [0.29, 0.717) is 5.65 Å². The molecule has 2 aromatic heterocycles. The molecule has 35 heavy (non-hydrogen) atoms. The zero-order chi connectivity index (χ0) is 25.9. The van der Waals surface area contributed by atoms with Crippen LogP contribution in [0, 0.1) is 6.92 Å². The van der Waals surface area contributed by atoms with E-state index in [9.17, 15) is 4.79 Å². The number of aromatic nitrogens is 3. The number of hydrogen-bond acceptors (Lipinski definition) is 4. The fourth-order valence-corrected chi connectivity index (χ4v) is 4.58. The minimum atomic E-state index is -0.000133. The van der Waals surface area contributed by atoms with Gasteiger partial charge in [0, 0.05) is 24.3 Å². The maximum Gasteiger partial charge on any atom is 0.276 e. The zero-order valence-electron chi connectivity index (χ0n) is 23.1. The maximum absolute atomic E-state index is 13.8. The number of nitrogens with one attached hydrogen (secondary N) is 1. The van der Waals surface area contributed by atoms with Gasteiger partial charge in [-0.2, -0.15) is 4.52 Å². The number of rotatable bonds is 9. The van der Waals surface area contributed by atoms with Crippen molar-refractivity contribution in [2.75, 3.05) is 18.0 Å². The van der Waals surface area contributed by atoms with Crippen molar-refractivity contribution in [2.45, 2.75) is 93.4 Å². The first-order valence-corrected chi connectivity index (χ1v) is 13.3. The third-order valence-electron chi connectivity index (χ3n) is 7.50. The smallest absolute Gasteiger partial charge is 0.276 e. The molecule has 1 aromatic carbocycles. The highest BCUT2D eigenvalue weighted by molar-refractivity contribution is 5.58. The molecule has 0 fully saturated rings. The van der Waals surface area contributed by atoms with Gasteiger partial charge in [-0.3, -0.25) is 9.89 Å². The zero-order valence-corrected chi connectivity index (χ0v) is 23.1. The minimum Gasteiger partial charge on any atom is -0.372 e. The molecule has 190 valence electrons. The number of benzene rings is 1. The maximum atomic E-state index is 13.8. The van der Waals surface area contributed by atoms with Crippen LogP contribution in [0.5, 0.6) is 0 Å². The van der Waals surface area contributed by atoms with Gasteiger partial charge in [0.2, 0.25) is 0 Å². The van der Waals surface area contributed by atoms with Gasteiger partial charge in [-0.1, -0.05) is 34.6 Å². The molecule has 0 radical (unpaired) electrons. The molecule has 3 rings (SSSR count). The summed E-state index contributed by atoms with van der Waals surface area (Å²) in [6.45, 7) is 21.1. The lowest BCUT2D eigenvalue weighted by Crippen LogP contribution is -2.26. The largest absolute Gasteiger partial charge is 0.372 e. The first kappa shape index (κ1) is 26.7. The van der Waals surface area contributed by atoms with Gasteiger partial charge in [-0.05, 0) is 88.1 Å². The first-order valence-electron chi connectivity index (χ1n) is 13.3. The minimum absolute atomic E-state index is 0.000133. The van der Waals surface area contributed by atoms with Crippen molar-refractivity contribution in [3.05, 3.63) is 56.1 Å². The quantitative estimate of drug-likeness (QED) is 0.428. The molecule has 6 heteroatoms. The monoisotopic (exact) mass is 477 g/mol. The van der Waals surface area contributed by atoms with Crippen LogP contribution in [-0.2, 0) is 0 Å². The van der Waals surface area contributed by atoms with Crippen molar-refractivity contribution in [3.63, 3.8) is 0 Å². The molecular formula is C29H43N5O. The van der Waals surface area contributed by atoms with E-state index in [2.05, 4.69) is 90.5 Å². The van der Waals surface area contributed by atoms with E-state index in [-0.39, 0.29) is 17.4 Å². The van der Waals surface area contributed by atoms with Crippen molar-refractivity contribution in [1.29, 1.82) is 0 Å². The predicted molar refractivity (Wildman–Crippen MR) is 148 cm³/mol. The Labute approximate surface area is 209 Å². The SMILES string of the molecule is CC/C(C)=c1/[nH]n2c(=O)c(C(C)CC)c(C(C)CC)nc2c1=Nc1ccc(N(CC)CC)cc1C. The number of fused-ring (bicyclic) bond motifs is 1. The van der Waals surface area contributed by atoms with Crippen molar-refractivity contribution >= 4 is 22.6 Å². The summed E-state index contributed by atoms with van der Waals surface area (Å²) in [6.07, 6.45) is 2.69. The average molecular weight is 478 g/mol. The molecule has 2 atom stereocenters. The van der Waals surface area contributed by atoms with Crippen molar-refractivity contribution < 1.29 is 0 Å². The summed E-state index contributed by atoms with van der Waals surface area (Å²) in [5, 5.41) is 5.02. The Bertz CT molecular complexity index is 1360. The molecule has 0 bridgehead atoms. The fourth-order valence-electron chi connectivity index (χ4n) is 4.58. The molecule has 0 aliphatic carbocycles. The van der Waals surface area contributed by atoms with Gasteiger partial charge in [-0.25, -0.2) is 9.98 Å². The van der Waals surface area contributed by atoms with E-state index < -0.39 is 0 Å². The molecule has 0 spiro atoms. The molecule has 2 unspecified atom stereocenters. The molecule has 0 amide bonds. The van der Waals surface area contributed by atoms with Crippen molar-refractivity contribution in [1.82, 2.24) is 14.6 Å². The van der Waals surface area contributed by atoms with Crippen LogP contribution in [0.1, 0.15) is 103 Å². The van der Waals surface area contributed by atoms with Gasteiger partial charge in [0.1, 0.15) is 5.36 Å². The lowest BCUT2D eigenvalue weighted by atomic mass is 9.91. The lowest BCUT2D eigenvalue weighted by molar-refractivity contribution is 0.638. The van der Waals surface area contributed by atoms with Crippen molar-refractivity contribution in [2.24, 2.45) is 4.99 Å². The van der Waals surface area contributed by atoms with Crippen molar-refractivity contribution in [3.8, 4) is 0 Å². The van der Waals surface area contributed by atoms with Gasteiger partial charge in [0.05, 0.1) is 16.7 Å². The summed E-state index contributed by atoms with van der Waals surface area (Å²) in [5.41, 5.74) is 6.72. The van der Waals surface area contributed by atoms with E-state index in [1.54, 1.807) is 4.52 Å². The number of aromatic amines is 1. The highest BCUT2D eigenvalue weighted by Crippen LogP contribution is 2.27. The second kappa shape index (κ2) is 11.2. The molecule has 0 aliphatic rings. The lowest BCUT2D eigenvalue weighted by Gasteiger charge is -2.21. The number of H-pyrrole nitrogens is 1. The average Bonchev–Trinajstić information content (AvgIpc) is 3.23. The van der Waals surface area contributed by atoms with E-state index in [4.69, 9.17) is 9.98 Å². The Balaban J connectivity index is 2.42. The predicted octanol–water partition coefficient (Wildman–Crippen LogP) is 5.74. The van der Waals surface area contributed by atoms with E-state index >= 15 is 0 Å². The van der Waals surface area contributed by atoms with Gasteiger partial charge in [0.25, 0.3) is 5.56 Å². The van der Waals surface area contributed by atoms with Crippen LogP contribution >= 0.6 is 0 Å². The second-order valence-corrected chi connectivity index (χ2v) is 9.72. The molecule has 0 aliphatic heterocycles. The number of anilines is 1. The van der Waals surface area contributed by atoms with Crippen LogP contribution < -0.4 is 21.2 Å². The third kappa shape index (κ3) is 5.07. The second-order valence-electron chi connectivity index (χ2n) is 9.72. The Morgan fingerprint density at radius 3 is 2.29 bits per heavy atom. The van der Waals surface area contributed by atoms with Gasteiger partial charge in [-0.15, -0.1) is 0 Å². The van der Waals surface area contributed by atoms with E-state index in [0.717, 1.165) is 71.1 Å². The fraction of sp³-hybridized carbons (Fsp3) is 0.552. The Morgan fingerprint density at radius 1 is 1.09 bits per heavy atom. The van der Waals surface area contributed by atoms with Crippen LogP contribution in [0.15, 0.2) is 28.0 Å². The highest BCUT2D eigenvalue weighted by Gasteiger charge is 2.23. The summed E-state index contributed by atoms with van der Waals surface area (Å²) < 4.78 is 1.63. The van der Waals surface area contributed by atoms with Crippen LogP contribution in [0.4, 0.5) is 11.4 Å². The highest BCUT2D eigenvalue weighted by atomic mass is 16.1. The Morgan fingerprint density at radius 2 is 1.74 bits per heavy atom. The summed E-state index contributed by atoms with van der Waals surface area (Å²) in [7, 11) is 0. The molecular weight excluding hydrogens is 434 g/mol. The van der Waals surface area contributed by atoms with Crippen LogP contribution in [-0.4, -0.2) is 27.7 Å². The van der Waals surface area contributed by atoms with E-state index in [1.807, 2.05) is 0 Å². The molecule has 2 heterocycles.